The second-order valence-electron chi connectivity index (χ2n) is 5.95. The molecule has 0 saturated carbocycles. The highest BCUT2D eigenvalue weighted by atomic mass is 35.5. The maximum atomic E-state index is 13.1. The Morgan fingerprint density at radius 3 is 2.37 bits per heavy atom. The summed E-state index contributed by atoms with van der Waals surface area (Å²) in [5.41, 5.74) is 1.57. The van der Waals surface area contributed by atoms with Gasteiger partial charge in [-0.3, -0.25) is 4.79 Å². The number of rotatable bonds is 6. The molecular formula is C19H18ClN5O2. The monoisotopic (exact) mass is 383 g/mol. The van der Waals surface area contributed by atoms with E-state index in [2.05, 4.69) is 15.5 Å². The van der Waals surface area contributed by atoms with Crippen LogP contribution in [0.3, 0.4) is 0 Å². The molecule has 0 amide bonds. The first-order valence-electron chi connectivity index (χ1n) is 8.11. The van der Waals surface area contributed by atoms with E-state index < -0.39 is 0 Å². The first kappa shape index (κ1) is 18.6. The molecule has 7 nitrogen and oxygen atoms in total. The Bertz CT molecular complexity index is 963. The van der Waals surface area contributed by atoms with E-state index in [-0.39, 0.29) is 5.78 Å². The number of methoxy groups -OCH3 is 1. The minimum Gasteiger partial charge on any atom is -0.497 e. The Balaban J connectivity index is 2.05. The van der Waals surface area contributed by atoms with Crippen LogP contribution in [-0.2, 0) is 0 Å². The van der Waals surface area contributed by atoms with Crippen LogP contribution in [0, 0.1) is 0 Å². The van der Waals surface area contributed by atoms with Crippen LogP contribution in [0.4, 0.5) is 0 Å². The van der Waals surface area contributed by atoms with Crippen molar-refractivity contribution < 1.29 is 9.53 Å². The third-order valence-electron chi connectivity index (χ3n) is 3.77. The molecule has 0 saturated heterocycles. The normalized spacial score (nSPS) is 11.3. The minimum absolute atomic E-state index is 0.204. The molecule has 0 aliphatic rings. The van der Waals surface area contributed by atoms with E-state index in [9.17, 15) is 4.79 Å². The standard InChI is InChI=1S/C19H18ClN5O2/c1-24(2)12-17(18(26)13-4-6-14(20)7-5-13)19-21-22-23-25(19)15-8-10-16(27-3)11-9-15/h4-12H,1-3H3. The zero-order valence-corrected chi connectivity index (χ0v) is 15.9. The number of carbonyl (C=O) groups excluding carboxylic acids is 1. The fourth-order valence-corrected chi connectivity index (χ4v) is 2.61. The van der Waals surface area contributed by atoms with Gasteiger partial charge in [0.1, 0.15) is 5.75 Å². The summed E-state index contributed by atoms with van der Waals surface area (Å²) in [6, 6.07) is 13.9. The fraction of sp³-hybridized carbons (Fsp3) is 0.158. The van der Waals surface area contributed by atoms with Crippen LogP contribution < -0.4 is 4.74 Å². The van der Waals surface area contributed by atoms with Crippen LogP contribution in [0.15, 0.2) is 54.7 Å². The number of hydrogen-bond acceptors (Lipinski definition) is 6. The van der Waals surface area contributed by atoms with Gasteiger partial charge >= 0.3 is 0 Å². The first-order valence-corrected chi connectivity index (χ1v) is 8.49. The lowest BCUT2D eigenvalue weighted by atomic mass is 10.0. The fourth-order valence-electron chi connectivity index (χ4n) is 2.49. The summed E-state index contributed by atoms with van der Waals surface area (Å²) in [7, 11) is 5.26. The predicted molar refractivity (Wildman–Crippen MR) is 103 cm³/mol. The molecule has 0 aliphatic heterocycles. The highest BCUT2D eigenvalue weighted by Gasteiger charge is 2.22. The molecule has 0 unspecified atom stereocenters. The summed E-state index contributed by atoms with van der Waals surface area (Å²) in [6.07, 6.45) is 1.70. The van der Waals surface area contributed by atoms with Crippen molar-refractivity contribution in [1.29, 1.82) is 0 Å². The summed E-state index contributed by atoms with van der Waals surface area (Å²) in [5.74, 6) is 0.855. The van der Waals surface area contributed by atoms with Crippen molar-refractivity contribution in [3.05, 3.63) is 71.1 Å². The third kappa shape index (κ3) is 4.15. The van der Waals surface area contributed by atoms with Gasteiger partial charge in [-0.15, -0.1) is 5.10 Å². The molecule has 2 aromatic carbocycles. The summed E-state index contributed by atoms with van der Waals surface area (Å²) in [4.78, 5) is 14.9. The zero-order chi connectivity index (χ0) is 19.4. The van der Waals surface area contributed by atoms with Gasteiger partial charge in [0.25, 0.3) is 0 Å². The lowest BCUT2D eigenvalue weighted by Gasteiger charge is -2.12. The number of tetrazole rings is 1. The number of ketones is 1. The van der Waals surface area contributed by atoms with Crippen molar-refractivity contribution in [3.63, 3.8) is 0 Å². The summed E-state index contributed by atoms with van der Waals surface area (Å²) < 4.78 is 6.70. The quantitative estimate of drug-likeness (QED) is 0.481. The number of Topliss-reactive ketones (excluding diaryl/α,β-unsaturated/α-hetero) is 1. The minimum atomic E-state index is -0.204. The summed E-state index contributed by atoms with van der Waals surface area (Å²) >= 11 is 5.93. The molecular weight excluding hydrogens is 366 g/mol. The predicted octanol–water partition coefficient (Wildman–Crippen LogP) is 3.11. The number of nitrogens with zero attached hydrogens (tertiary/aromatic N) is 5. The van der Waals surface area contributed by atoms with Crippen molar-refractivity contribution in [3.8, 4) is 11.4 Å². The molecule has 0 bridgehead atoms. The van der Waals surface area contributed by atoms with Gasteiger partial charge in [0, 0.05) is 30.9 Å². The average molecular weight is 384 g/mol. The van der Waals surface area contributed by atoms with E-state index in [0.717, 1.165) is 5.75 Å². The number of halogens is 1. The van der Waals surface area contributed by atoms with Gasteiger partial charge in [0.05, 0.1) is 18.4 Å². The van der Waals surface area contributed by atoms with E-state index in [1.165, 1.54) is 4.68 Å². The summed E-state index contributed by atoms with van der Waals surface area (Å²) in [5, 5.41) is 12.4. The van der Waals surface area contributed by atoms with Gasteiger partial charge in [-0.2, -0.15) is 4.68 Å². The lowest BCUT2D eigenvalue weighted by molar-refractivity contribution is 0.105. The Morgan fingerprint density at radius 1 is 1.11 bits per heavy atom. The maximum Gasteiger partial charge on any atom is 0.198 e. The Hall–Kier alpha value is -3.19. The van der Waals surface area contributed by atoms with E-state index in [1.54, 1.807) is 54.6 Å². The van der Waals surface area contributed by atoms with Gasteiger partial charge in [0.15, 0.2) is 11.6 Å². The Kier molecular flexibility index (Phi) is 5.52. The molecule has 1 aromatic heterocycles. The van der Waals surface area contributed by atoms with Crippen molar-refractivity contribution >= 4 is 23.0 Å². The highest BCUT2D eigenvalue weighted by molar-refractivity contribution is 6.31. The largest absolute Gasteiger partial charge is 0.497 e. The van der Waals surface area contributed by atoms with E-state index in [4.69, 9.17) is 16.3 Å². The van der Waals surface area contributed by atoms with Crippen LogP contribution in [0.25, 0.3) is 11.3 Å². The van der Waals surface area contributed by atoms with Crippen LogP contribution >= 0.6 is 11.6 Å². The summed E-state index contributed by atoms with van der Waals surface area (Å²) in [6.45, 7) is 0. The van der Waals surface area contributed by atoms with Crippen LogP contribution in [-0.4, -0.2) is 52.1 Å². The smallest absolute Gasteiger partial charge is 0.198 e. The van der Waals surface area contributed by atoms with Crippen molar-refractivity contribution in [1.82, 2.24) is 25.1 Å². The van der Waals surface area contributed by atoms with Crippen molar-refractivity contribution in [2.45, 2.75) is 0 Å². The van der Waals surface area contributed by atoms with Gasteiger partial charge < -0.3 is 9.64 Å². The van der Waals surface area contributed by atoms with Gasteiger partial charge in [-0.25, -0.2) is 0 Å². The number of benzene rings is 2. The molecule has 1 heterocycles. The Labute approximate surface area is 161 Å². The SMILES string of the molecule is COc1ccc(-n2nnnc2C(=CN(C)C)C(=O)c2ccc(Cl)cc2)cc1. The molecule has 0 fully saturated rings. The molecule has 8 heteroatoms. The van der Waals surface area contributed by atoms with Crippen LogP contribution in [0.2, 0.25) is 5.02 Å². The molecule has 0 atom stereocenters. The molecule has 3 aromatic rings. The molecule has 0 aliphatic carbocycles. The molecule has 0 radical (unpaired) electrons. The van der Waals surface area contributed by atoms with Gasteiger partial charge in [0.2, 0.25) is 0 Å². The maximum absolute atomic E-state index is 13.1. The van der Waals surface area contributed by atoms with Crippen LogP contribution in [0.1, 0.15) is 16.2 Å². The molecule has 3 rings (SSSR count). The second-order valence-corrected chi connectivity index (χ2v) is 6.39. The second kappa shape index (κ2) is 8.01. The van der Waals surface area contributed by atoms with Crippen LogP contribution in [0.5, 0.6) is 5.75 Å². The Morgan fingerprint density at radius 2 is 1.78 bits per heavy atom. The molecule has 27 heavy (non-hydrogen) atoms. The van der Waals surface area contributed by atoms with E-state index in [1.807, 2.05) is 26.2 Å². The van der Waals surface area contributed by atoms with Crippen molar-refractivity contribution in [2.24, 2.45) is 0 Å². The van der Waals surface area contributed by atoms with Gasteiger partial charge in [-0.1, -0.05) is 11.6 Å². The molecule has 0 N–H and O–H groups in total. The molecule has 138 valence electrons. The topological polar surface area (TPSA) is 73.1 Å². The lowest BCUT2D eigenvalue weighted by Crippen LogP contribution is -2.13. The average Bonchev–Trinajstić information content (AvgIpc) is 3.15. The number of ether oxygens (including phenoxy) is 1. The number of allylic oxidation sites excluding steroid dienone is 1. The first-order chi connectivity index (χ1) is 13.0. The highest BCUT2D eigenvalue weighted by Crippen LogP contribution is 2.23. The third-order valence-corrected chi connectivity index (χ3v) is 4.02. The zero-order valence-electron chi connectivity index (χ0n) is 15.1. The van der Waals surface area contributed by atoms with Crippen molar-refractivity contribution in [2.75, 3.05) is 21.2 Å². The van der Waals surface area contributed by atoms with E-state index >= 15 is 0 Å². The number of hydrogen-bond donors (Lipinski definition) is 0. The van der Waals surface area contributed by atoms with Gasteiger partial charge in [-0.05, 0) is 59.0 Å². The van der Waals surface area contributed by atoms with E-state index in [0.29, 0.717) is 27.7 Å². The number of aromatic nitrogens is 4. The molecule has 0 spiro atoms. The number of carbonyl (C=O) groups is 1.